The fourth-order valence-electron chi connectivity index (χ4n) is 1.56. The highest BCUT2D eigenvalue weighted by molar-refractivity contribution is 5.81. The molecular weight excluding hydrogens is 162 g/mol. The summed E-state index contributed by atoms with van der Waals surface area (Å²) in [6.07, 6.45) is 2.86. The number of nitrogens with zero attached hydrogens (tertiary/aromatic N) is 1. The molecule has 2 rings (SSSR count). The summed E-state index contributed by atoms with van der Waals surface area (Å²) in [5, 5.41) is 1.20. The summed E-state index contributed by atoms with van der Waals surface area (Å²) >= 11 is 0. The fourth-order valence-corrected chi connectivity index (χ4v) is 1.56. The van der Waals surface area contributed by atoms with Crippen molar-refractivity contribution >= 4 is 17.2 Å². The third kappa shape index (κ3) is 1.35. The third-order valence-corrected chi connectivity index (χ3v) is 2.20. The molecule has 0 unspecified atom stereocenters. The maximum absolute atomic E-state index is 10.4. The number of aryl methyl sites for hydroxylation is 1. The second kappa shape index (κ2) is 3.05. The van der Waals surface area contributed by atoms with E-state index in [0.717, 1.165) is 11.8 Å². The van der Waals surface area contributed by atoms with Crippen molar-refractivity contribution in [3.05, 3.63) is 36.0 Å². The highest BCUT2D eigenvalue weighted by Crippen LogP contribution is 2.16. The van der Waals surface area contributed by atoms with Crippen LogP contribution in [-0.4, -0.2) is 10.9 Å². The monoisotopic (exact) mass is 173 g/mol. The van der Waals surface area contributed by atoms with Crippen LogP contribution in [0.2, 0.25) is 0 Å². The normalized spacial score (nSPS) is 10.5. The molecule has 0 N–H and O–H groups in total. The molecule has 2 nitrogen and oxygen atoms in total. The molecule has 0 spiro atoms. The zero-order valence-electron chi connectivity index (χ0n) is 7.53. The average molecular weight is 173 g/mol. The summed E-state index contributed by atoms with van der Waals surface area (Å²) in [5.74, 6) is 0. The summed E-state index contributed by atoms with van der Waals surface area (Å²) in [6, 6.07) is 8.26. The first kappa shape index (κ1) is 8.05. The van der Waals surface area contributed by atoms with Crippen LogP contribution in [0, 0.1) is 6.92 Å². The summed E-state index contributed by atoms with van der Waals surface area (Å²) in [4.78, 5) is 10.4. The molecule has 13 heavy (non-hydrogen) atoms. The van der Waals surface area contributed by atoms with Gasteiger partial charge in [-0.15, -0.1) is 0 Å². The predicted octanol–water partition coefficient (Wildman–Crippen LogP) is 2.15. The van der Waals surface area contributed by atoms with E-state index in [2.05, 4.69) is 19.1 Å². The van der Waals surface area contributed by atoms with Crippen molar-refractivity contribution in [1.82, 2.24) is 4.57 Å². The summed E-state index contributed by atoms with van der Waals surface area (Å²) in [5.41, 5.74) is 2.37. The first-order chi connectivity index (χ1) is 6.31. The van der Waals surface area contributed by atoms with Crippen molar-refractivity contribution in [3.63, 3.8) is 0 Å². The van der Waals surface area contributed by atoms with Gasteiger partial charge >= 0.3 is 0 Å². The highest BCUT2D eigenvalue weighted by atomic mass is 16.1. The van der Waals surface area contributed by atoms with Gasteiger partial charge in [0.1, 0.15) is 6.29 Å². The third-order valence-electron chi connectivity index (χ3n) is 2.20. The van der Waals surface area contributed by atoms with E-state index in [1.54, 1.807) is 0 Å². The Labute approximate surface area is 76.8 Å². The van der Waals surface area contributed by atoms with Crippen molar-refractivity contribution in [1.29, 1.82) is 0 Å². The van der Waals surface area contributed by atoms with Crippen molar-refractivity contribution in [2.75, 3.05) is 0 Å². The first-order valence-corrected chi connectivity index (χ1v) is 4.30. The van der Waals surface area contributed by atoms with Gasteiger partial charge in [0.15, 0.2) is 0 Å². The molecule has 0 radical (unpaired) electrons. The minimum atomic E-state index is 0.437. The van der Waals surface area contributed by atoms with Gasteiger partial charge in [-0.3, -0.25) is 0 Å². The zero-order valence-corrected chi connectivity index (χ0v) is 7.53. The van der Waals surface area contributed by atoms with Gasteiger partial charge < -0.3 is 9.36 Å². The van der Waals surface area contributed by atoms with E-state index in [-0.39, 0.29) is 0 Å². The lowest BCUT2D eigenvalue weighted by Gasteiger charge is -1.99. The van der Waals surface area contributed by atoms with Gasteiger partial charge in [-0.05, 0) is 30.5 Å². The molecule has 0 saturated heterocycles. The van der Waals surface area contributed by atoms with Gasteiger partial charge in [0, 0.05) is 11.7 Å². The van der Waals surface area contributed by atoms with Crippen molar-refractivity contribution in [2.45, 2.75) is 13.5 Å². The van der Waals surface area contributed by atoms with Crippen LogP contribution in [0.5, 0.6) is 0 Å². The molecule has 66 valence electrons. The number of aromatic nitrogens is 1. The van der Waals surface area contributed by atoms with Gasteiger partial charge in [-0.2, -0.15) is 0 Å². The summed E-state index contributed by atoms with van der Waals surface area (Å²) in [7, 11) is 0. The molecule has 1 aromatic heterocycles. The Hall–Kier alpha value is -1.57. The Balaban J connectivity index is 2.61. The number of rotatable bonds is 2. The van der Waals surface area contributed by atoms with Gasteiger partial charge in [0.25, 0.3) is 0 Å². The molecule has 0 atom stereocenters. The fraction of sp³-hybridized carbons (Fsp3) is 0.182. The molecule has 0 saturated carbocycles. The van der Waals surface area contributed by atoms with Crippen molar-refractivity contribution in [3.8, 4) is 0 Å². The number of aldehydes is 1. The van der Waals surface area contributed by atoms with Crippen LogP contribution in [0.3, 0.4) is 0 Å². The highest BCUT2D eigenvalue weighted by Gasteiger charge is 1.99. The van der Waals surface area contributed by atoms with Gasteiger partial charge in [0.05, 0.1) is 6.54 Å². The van der Waals surface area contributed by atoms with Crippen LogP contribution in [0.1, 0.15) is 5.56 Å². The lowest BCUT2D eigenvalue weighted by atomic mass is 10.2. The van der Waals surface area contributed by atoms with Crippen molar-refractivity contribution < 1.29 is 4.79 Å². The molecule has 2 heteroatoms. The van der Waals surface area contributed by atoms with Crippen LogP contribution < -0.4 is 0 Å². The molecule has 2 aromatic rings. The minimum Gasteiger partial charge on any atom is -0.340 e. The number of carbonyl (C=O) groups excluding carboxylic acids is 1. The van der Waals surface area contributed by atoms with E-state index in [4.69, 9.17) is 0 Å². The smallest absolute Gasteiger partial charge is 0.139 e. The lowest BCUT2D eigenvalue weighted by Crippen LogP contribution is -1.95. The van der Waals surface area contributed by atoms with Gasteiger partial charge in [0.2, 0.25) is 0 Å². The second-order valence-corrected chi connectivity index (χ2v) is 3.20. The molecule has 0 amide bonds. The van der Waals surface area contributed by atoms with Crippen LogP contribution in [-0.2, 0) is 11.3 Å². The molecule has 1 aromatic carbocycles. The Kier molecular flexibility index (Phi) is 1.89. The molecule has 0 bridgehead atoms. The number of benzene rings is 1. The number of hydrogen-bond acceptors (Lipinski definition) is 1. The number of fused-ring (bicyclic) bond motifs is 1. The first-order valence-electron chi connectivity index (χ1n) is 4.30. The molecule has 0 fully saturated rings. The molecule has 1 heterocycles. The number of carbonyl (C=O) groups is 1. The second-order valence-electron chi connectivity index (χ2n) is 3.20. The molecular formula is C11H11NO. The van der Waals surface area contributed by atoms with E-state index in [1.165, 1.54) is 10.9 Å². The lowest BCUT2D eigenvalue weighted by molar-refractivity contribution is -0.108. The quantitative estimate of drug-likeness (QED) is 0.638. The maximum atomic E-state index is 10.4. The molecule has 0 aliphatic rings. The topological polar surface area (TPSA) is 22.0 Å². The molecule has 0 aliphatic carbocycles. The van der Waals surface area contributed by atoms with Crippen molar-refractivity contribution in [2.24, 2.45) is 0 Å². The Morgan fingerprint density at radius 1 is 1.38 bits per heavy atom. The van der Waals surface area contributed by atoms with E-state index < -0.39 is 0 Å². The number of hydrogen-bond donors (Lipinski definition) is 0. The van der Waals surface area contributed by atoms with E-state index in [1.807, 2.05) is 22.9 Å². The van der Waals surface area contributed by atoms with Crippen LogP contribution in [0.25, 0.3) is 10.9 Å². The van der Waals surface area contributed by atoms with E-state index in [9.17, 15) is 4.79 Å². The van der Waals surface area contributed by atoms with Crippen LogP contribution >= 0.6 is 0 Å². The Bertz CT molecular complexity index is 442. The molecule has 0 aliphatic heterocycles. The van der Waals surface area contributed by atoms with Crippen LogP contribution in [0.15, 0.2) is 30.5 Å². The van der Waals surface area contributed by atoms with E-state index in [0.29, 0.717) is 6.54 Å². The average Bonchev–Trinajstić information content (AvgIpc) is 2.49. The van der Waals surface area contributed by atoms with Crippen LogP contribution in [0.4, 0.5) is 0 Å². The van der Waals surface area contributed by atoms with Gasteiger partial charge in [-0.1, -0.05) is 11.6 Å². The zero-order chi connectivity index (χ0) is 9.26. The standard InChI is InChI=1S/C11H11NO/c1-9-2-3-11-10(8-9)4-5-12(11)6-7-13/h2-5,7-8H,6H2,1H3. The minimum absolute atomic E-state index is 0.437. The van der Waals surface area contributed by atoms with E-state index >= 15 is 0 Å². The van der Waals surface area contributed by atoms with Gasteiger partial charge in [-0.25, -0.2) is 0 Å². The SMILES string of the molecule is Cc1ccc2c(ccn2CC=O)c1. The summed E-state index contributed by atoms with van der Waals surface area (Å²) < 4.78 is 1.95. The maximum Gasteiger partial charge on any atom is 0.139 e. The summed E-state index contributed by atoms with van der Waals surface area (Å²) in [6.45, 7) is 2.50. The Morgan fingerprint density at radius 2 is 2.23 bits per heavy atom. The largest absolute Gasteiger partial charge is 0.340 e. The predicted molar refractivity (Wildman–Crippen MR) is 52.7 cm³/mol. The Morgan fingerprint density at radius 3 is 3.00 bits per heavy atom.